The van der Waals surface area contributed by atoms with E-state index in [9.17, 15) is 27.2 Å². The van der Waals surface area contributed by atoms with Crippen LogP contribution in [-0.2, 0) is 9.53 Å². The molecule has 0 aliphatic carbocycles. The lowest BCUT2D eigenvalue weighted by molar-refractivity contribution is -0.203. The fraction of sp³-hybridized carbons (Fsp3) is 0.235. The Morgan fingerprint density at radius 2 is 1.74 bits per heavy atom. The van der Waals surface area contributed by atoms with Crippen LogP contribution in [0.3, 0.4) is 0 Å². The molecule has 0 saturated heterocycles. The van der Waals surface area contributed by atoms with Crippen molar-refractivity contribution in [1.82, 2.24) is 10.3 Å². The fourth-order valence-electron chi connectivity index (χ4n) is 2.18. The number of esters is 1. The molecule has 0 saturated carbocycles. The molecule has 27 heavy (non-hydrogen) atoms. The lowest BCUT2D eigenvalue weighted by Crippen LogP contribution is -2.69. The summed E-state index contributed by atoms with van der Waals surface area (Å²) in [6.07, 6.45) is -4.07. The van der Waals surface area contributed by atoms with Gasteiger partial charge >= 0.3 is 17.8 Å². The molecule has 0 radical (unpaired) electrons. The minimum atomic E-state index is -5.29. The number of nitrogens with one attached hydrogen (secondary N) is 2. The zero-order chi connectivity index (χ0) is 20.2. The fourth-order valence-corrected chi connectivity index (χ4v) is 2.18. The molecule has 2 N–H and O–H groups in total. The van der Waals surface area contributed by atoms with E-state index in [0.717, 1.165) is 31.4 Å². The van der Waals surface area contributed by atoms with E-state index in [1.807, 2.05) is 5.32 Å². The highest BCUT2D eigenvalue weighted by molar-refractivity contribution is 5.99. The third-order valence-electron chi connectivity index (χ3n) is 3.64. The van der Waals surface area contributed by atoms with Crippen LogP contribution < -0.4 is 10.6 Å². The van der Waals surface area contributed by atoms with E-state index in [2.05, 4.69) is 9.72 Å². The number of carbonyl (C=O) groups is 2. The number of aromatic nitrogens is 1. The first-order chi connectivity index (χ1) is 12.6. The highest BCUT2D eigenvalue weighted by Gasteiger charge is 2.63. The Morgan fingerprint density at radius 3 is 2.26 bits per heavy atom. The van der Waals surface area contributed by atoms with Gasteiger partial charge in [0.2, 0.25) is 0 Å². The lowest BCUT2D eigenvalue weighted by atomic mass is 10.1. The van der Waals surface area contributed by atoms with Crippen molar-refractivity contribution in [2.75, 3.05) is 12.4 Å². The predicted octanol–water partition coefficient (Wildman–Crippen LogP) is 2.80. The second-order valence-corrected chi connectivity index (χ2v) is 5.49. The van der Waals surface area contributed by atoms with Gasteiger partial charge in [0.15, 0.2) is 0 Å². The number of nitrogens with zero attached hydrogens (tertiary/aromatic N) is 1. The van der Waals surface area contributed by atoms with Crippen LogP contribution >= 0.6 is 0 Å². The second kappa shape index (κ2) is 7.60. The quantitative estimate of drug-likeness (QED) is 0.470. The van der Waals surface area contributed by atoms with Crippen LogP contribution in [0.4, 0.5) is 23.4 Å². The number of pyridine rings is 1. The molecule has 144 valence electrons. The Hall–Kier alpha value is -3.17. The third-order valence-corrected chi connectivity index (χ3v) is 3.64. The maximum atomic E-state index is 13.9. The van der Waals surface area contributed by atoms with Crippen LogP contribution in [0.25, 0.3) is 0 Å². The molecule has 1 heterocycles. The molecule has 0 spiro atoms. The molecule has 0 aliphatic rings. The van der Waals surface area contributed by atoms with Crippen LogP contribution in [-0.4, -0.2) is 35.8 Å². The largest absolute Gasteiger partial charge is 0.466 e. The Labute approximate surface area is 151 Å². The lowest BCUT2D eigenvalue weighted by Gasteiger charge is -2.35. The number of aryl methyl sites for hydroxylation is 1. The monoisotopic (exact) mass is 385 g/mol. The highest BCUT2D eigenvalue weighted by atomic mass is 19.4. The Bertz CT molecular complexity index is 840. The van der Waals surface area contributed by atoms with Crippen LogP contribution in [0, 0.1) is 12.7 Å². The zero-order valence-electron chi connectivity index (χ0n) is 14.2. The van der Waals surface area contributed by atoms with Gasteiger partial charge in [-0.15, -0.1) is 0 Å². The molecular weight excluding hydrogens is 370 g/mol. The molecule has 0 bridgehead atoms. The maximum absolute atomic E-state index is 13.9. The topological polar surface area (TPSA) is 80.3 Å². The van der Waals surface area contributed by atoms with Gasteiger partial charge in [-0.1, -0.05) is 6.07 Å². The number of hydrogen-bond donors (Lipinski definition) is 2. The number of rotatable bonds is 5. The van der Waals surface area contributed by atoms with Gasteiger partial charge in [0, 0.05) is 11.8 Å². The van der Waals surface area contributed by atoms with Crippen molar-refractivity contribution in [3.8, 4) is 0 Å². The molecule has 2 rings (SSSR count). The molecule has 0 fully saturated rings. The number of hydrogen-bond acceptors (Lipinski definition) is 5. The number of alkyl halides is 3. The molecule has 0 aliphatic heterocycles. The zero-order valence-corrected chi connectivity index (χ0v) is 14.2. The van der Waals surface area contributed by atoms with Gasteiger partial charge in [0.05, 0.1) is 7.11 Å². The van der Waals surface area contributed by atoms with E-state index in [4.69, 9.17) is 0 Å². The second-order valence-electron chi connectivity index (χ2n) is 5.49. The Balaban J connectivity index is 2.50. The first-order valence-electron chi connectivity index (χ1n) is 7.54. The first-order valence-corrected chi connectivity index (χ1v) is 7.54. The van der Waals surface area contributed by atoms with Crippen molar-refractivity contribution in [3.63, 3.8) is 0 Å². The van der Waals surface area contributed by atoms with Gasteiger partial charge in [-0.2, -0.15) is 13.2 Å². The highest BCUT2D eigenvalue weighted by Crippen LogP contribution is 2.33. The number of anilines is 1. The number of benzene rings is 1. The van der Waals surface area contributed by atoms with Crippen molar-refractivity contribution in [2.24, 2.45) is 0 Å². The standard InChI is InChI=1S/C17H15F4N3O3/c1-10-4-3-9-22-13(10)23-16(15(26)27-2,17(19,20)21)24-14(25)11-5-7-12(18)8-6-11/h3-9H,1-2H3,(H,22,23)(H,24,25)/t16-/m1/s1. The summed E-state index contributed by atoms with van der Waals surface area (Å²) in [6, 6.07) is 6.72. The smallest absolute Gasteiger partial charge is 0.441 e. The van der Waals surface area contributed by atoms with Crippen molar-refractivity contribution in [2.45, 2.75) is 18.8 Å². The molecule has 1 atom stereocenters. The molecule has 1 amide bonds. The predicted molar refractivity (Wildman–Crippen MR) is 87.3 cm³/mol. The molecular formula is C17H15F4N3O3. The molecule has 2 aromatic rings. The van der Waals surface area contributed by atoms with E-state index in [-0.39, 0.29) is 11.4 Å². The Kier molecular flexibility index (Phi) is 5.67. The normalized spacial score (nSPS) is 13.4. The summed E-state index contributed by atoms with van der Waals surface area (Å²) in [4.78, 5) is 28.2. The van der Waals surface area contributed by atoms with Gasteiger partial charge in [0.25, 0.3) is 5.91 Å². The summed E-state index contributed by atoms with van der Waals surface area (Å²) in [5.74, 6) is -4.02. The van der Waals surface area contributed by atoms with Crippen molar-refractivity contribution in [1.29, 1.82) is 0 Å². The van der Waals surface area contributed by atoms with E-state index >= 15 is 0 Å². The number of carbonyl (C=O) groups excluding carboxylic acids is 2. The van der Waals surface area contributed by atoms with E-state index in [1.165, 1.54) is 25.3 Å². The molecule has 1 aromatic carbocycles. The number of halogens is 4. The molecule has 6 nitrogen and oxygen atoms in total. The van der Waals surface area contributed by atoms with Gasteiger partial charge in [-0.05, 0) is 42.8 Å². The SMILES string of the molecule is COC(=O)[C@](NC(=O)c1ccc(F)cc1)(Nc1ncccc1C)C(F)(F)F. The summed E-state index contributed by atoms with van der Waals surface area (Å²) in [6.45, 7) is 1.47. The number of amides is 1. The first kappa shape index (κ1) is 20.1. The minimum absolute atomic E-state index is 0.278. The average Bonchev–Trinajstić information content (AvgIpc) is 2.61. The maximum Gasteiger partial charge on any atom is 0.441 e. The average molecular weight is 385 g/mol. The van der Waals surface area contributed by atoms with Gasteiger partial charge in [-0.25, -0.2) is 14.2 Å². The summed E-state index contributed by atoms with van der Waals surface area (Å²) < 4.78 is 59.0. The van der Waals surface area contributed by atoms with E-state index in [1.54, 1.807) is 5.32 Å². The van der Waals surface area contributed by atoms with Crippen molar-refractivity contribution < 1.29 is 31.9 Å². The van der Waals surface area contributed by atoms with Gasteiger partial charge in [-0.3, -0.25) is 4.79 Å². The molecule has 1 aromatic heterocycles. The molecule has 0 unspecified atom stereocenters. The van der Waals surface area contributed by atoms with Crippen molar-refractivity contribution >= 4 is 17.7 Å². The minimum Gasteiger partial charge on any atom is -0.466 e. The van der Waals surface area contributed by atoms with E-state index < -0.39 is 29.5 Å². The Morgan fingerprint density at radius 1 is 1.11 bits per heavy atom. The van der Waals surface area contributed by atoms with Crippen LogP contribution in [0.5, 0.6) is 0 Å². The van der Waals surface area contributed by atoms with Crippen LogP contribution in [0.2, 0.25) is 0 Å². The number of ether oxygens (including phenoxy) is 1. The van der Waals surface area contributed by atoms with Gasteiger partial charge in [0.1, 0.15) is 11.6 Å². The summed E-state index contributed by atoms with van der Waals surface area (Å²) in [5, 5.41) is 3.57. The van der Waals surface area contributed by atoms with E-state index in [0.29, 0.717) is 5.56 Å². The summed E-state index contributed by atoms with van der Waals surface area (Å²) in [7, 11) is 0.750. The van der Waals surface area contributed by atoms with Crippen LogP contribution in [0.15, 0.2) is 42.6 Å². The number of methoxy groups -OCH3 is 1. The molecule has 10 heteroatoms. The van der Waals surface area contributed by atoms with Crippen LogP contribution in [0.1, 0.15) is 15.9 Å². The van der Waals surface area contributed by atoms with Crippen molar-refractivity contribution in [3.05, 3.63) is 59.5 Å². The van der Waals surface area contributed by atoms with Gasteiger partial charge < -0.3 is 15.4 Å². The summed E-state index contributed by atoms with van der Waals surface area (Å²) in [5.41, 5.74) is -3.59. The third kappa shape index (κ3) is 4.15. The summed E-state index contributed by atoms with van der Waals surface area (Å²) >= 11 is 0.